The molecule has 1 amide bonds. The first-order valence-electron chi connectivity index (χ1n) is 7.91. The second-order valence-corrected chi connectivity index (χ2v) is 5.85. The first kappa shape index (κ1) is 19.7. The number of amides is 1. The number of carbonyl (C=O) groups excluding carboxylic acids is 3. The number of carbonyl (C=O) groups is 3. The molecule has 0 bridgehead atoms. The lowest BCUT2D eigenvalue weighted by Crippen LogP contribution is -2.47. The van der Waals surface area contributed by atoms with Gasteiger partial charge >= 0.3 is 11.9 Å². The molecule has 0 saturated heterocycles. The zero-order valence-corrected chi connectivity index (χ0v) is 14.8. The van der Waals surface area contributed by atoms with Gasteiger partial charge in [0.1, 0.15) is 6.04 Å². The van der Waals surface area contributed by atoms with Crippen molar-refractivity contribution in [2.45, 2.75) is 40.2 Å². The van der Waals surface area contributed by atoms with Crippen LogP contribution in [0.15, 0.2) is 18.2 Å². The number of benzene rings is 1. The van der Waals surface area contributed by atoms with Crippen LogP contribution in [0.1, 0.15) is 41.8 Å². The van der Waals surface area contributed by atoms with Gasteiger partial charge in [0.2, 0.25) is 0 Å². The maximum atomic E-state index is 12.1. The molecule has 6 heteroatoms. The fourth-order valence-corrected chi connectivity index (χ4v) is 2.26. The summed E-state index contributed by atoms with van der Waals surface area (Å²) in [6, 6.07) is 4.58. The van der Waals surface area contributed by atoms with Crippen molar-refractivity contribution in [1.82, 2.24) is 5.32 Å². The molecule has 1 N–H and O–H groups in total. The minimum Gasteiger partial charge on any atom is -0.467 e. The topological polar surface area (TPSA) is 81.7 Å². The average molecular weight is 335 g/mol. The largest absolute Gasteiger partial charge is 0.467 e. The van der Waals surface area contributed by atoms with Crippen molar-refractivity contribution in [2.24, 2.45) is 5.92 Å². The van der Waals surface area contributed by atoms with E-state index in [2.05, 4.69) is 5.32 Å². The highest BCUT2D eigenvalue weighted by Crippen LogP contribution is 2.12. The van der Waals surface area contributed by atoms with E-state index in [4.69, 9.17) is 9.47 Å². The van der Waals surface area contributed by atoms with E-state index in [-0.39, 0.29) is 5.92 Å². The van der Waals surface area contributed by atoms with Gasteiger partial charge in [0.05, 0.1) is 12.7 Å². The van der Waals surface area contributed by atoms with Gasteiger partial charge in [0.25, 0.3) is 5.91 Å². The Balaban J connectivity index is 2.64. The van der Waals surface area contributed by atoms with Crippen LogP contribution in [-0.4, -0.2) is 37.6 Å². The Morgan fingerprint density at radius 2 is 1.88 bits per heavy atom. The summed E-state index contributed by atoms with van der Waals surface area (Å²) < 4.78 is 9.73. The van der Waals surface area contributed by atoms with Crippen LogP contribution in [0.2, 0.25) is 0 Å². The molecule has 1 aromatic carbocycles. The summed E-state index contributed by atoms with van der Waals surface area (Å²) in [7, 11) is 1.27. The molecule has 0 unspecified atom stereocenters. The lowest BCUT2D eigenvalue weighted by molar-refractivity contribution is -0.147. The molecular formula is C18H25NO5. The number of aryl methyl sites for hydroxylation is 2. The first-order valence-corrected chi connectivity index (χ1v) is 7.91. The van der Waals surface area contributed by atoms with Gasteiger partial charge in [-0.25, -0.2) is 9.59 Å². The quantitative estimate of drug-likeness (QED) is 0.772. The Kier molecular flexibility index (Phi) is 7.42. The number of rotatable bonds is 7. The minimum atomic E-state index is -0.757. The van der Waals surface area contributed by atoms with E-state index in [1.165, 1.54) is 7.11 Å². The van der Waals surface area contributed by atoms with Crippen LogP contribution in [-0.2, 0) is 19.1 Å². The smallest absolute Gasteiger partial charge is 0.338 e. The van der Waals surface area contributed by atoms with Crippen molar-refractivity contribution in [3.8, 4) is 0 Å². The third kappa shape index (κ3) is 5.37. The summed E-state index contributed by atoms with van der Waals surface area (Å²) in [6.45, 7) is 7.03. The monoisotopic (exact) mass is 335 g/mol. The molecule has 0 fully saturated rings. The molecule has 0 spiro atoms. The molecule has 0 aliphatic carbocycles. The third-order valence-corrected chi connectivity index (χ3v) is 3.92. The molecule has 0 aliphatic rings. The average Bonchev–Trinajstić information content (AvgIpc) is 2.56. The molecule has 2 atom stereocenters. The van der Waals surface area contributed by atoms with Crippen LogP contribution < -0.4 is 5.32 Å². The van der Waals surface area contributed by atoms with Crippen LogP contribution in [0, 0.1) is 19.8 Å². The first-order chi connectivity index (χ1) is 11.3. The summed E-state index contributed by atoms with van der Waals surface area (Å²) in [5.74, 6) is -1.71. The van der Waals surface area contributed by atoms with Crippen LogP contribution in [0.5, 0.6) is 0 Å². The lowest BCUT2D eigenvalue weighted by atomic mass is 9.99. The molecule has 0 aromatic heterocycles. The van der Waals surface area contributed by atoms with Gasteiger partial charge < -0.3 is 14.8 Å². The van der Waals surface area contributed by atoms with Gasteiger partial charge in [-0.3, -0.25) is 4.79 Å². The zero-order chi connectivity index (χ0) is 18.3. The molecule has 132 valence electrons. The SMILES string of the molecule is CC[C@@H](C)[C@H](NC(=O)COC(=O)c1ccc(C)cc1C)C(=O)OC. The number of esters is 2. The number of methoxy groups -OCH3 is 1. The molecule has 0 aliphatic heterocycles. The molecular weight excluding hydrogens is 310 g/mol. The summed E-state index contributed by atoms with van der Waals surface area (Å²) >= 11 is 0. The van der Waals surface area contributed by atoms with Gasteiger partial charge in [0, 0.05) is 0 Å². The Morgan fingerprint density at radius 1 is 1.21 bits per heavy atom. The van der Waals surface area contributed by atoms with E-state index in [0.29, 0.717) is 12.0 Å². The van der Waals surface area contributed by atoms with Crippen molar-refractivity contribution in [3.63, 3.8) is 0 Å². The lowest BCUT2D eigenvalue weighted by Gasteiger charge is -2.21. The minimum absolute atomic E-state index is 0.0866. The van der Waals surface area contributed by atoms with Gasteiger partial charge in [-0.1, -0.05) is 38.0 Å². The number of hydrogen-bond donors (Lipinski definition) is 1. The summed E-state index contributed by atoms with van der Waals surface area (Å²) in [5, 5.41) is 2.56. The van der Waals surface area contributed by atoms with E-state index < -0.39 is 30.5 Å². The molecule has 24 heavy (non-hydrogen) atoms. The van der Waals surface area contributed by atoms with E-state index in [1.807, 2.05) is 26.8 Å². The predicted octanol–water partition coefficient (Wildman–Crippen LogP) is 2.16. The van der Waals surface area contributed by atoms with Gasteiger partial charge in [-0.15, -0.1) is 0 Å². The third-order valence-electron chi connectivity index (χ3n) is 3.92. The van der Waals surface area contributed by atoms with Gasteiger partial charge in [-0.2, -0.15) is 0 Å². The van der Waals surface area contributed by atoms with Gasteiger partial charge in [0.15, 0.2) is 6.61 Å². The normalized spacial score (nSPS) is 12.9. The Labute approximate surface area is 142 Å². The number of ether oxygens (including phenoxy) is 2. The second-order valence-electron chi connectivity index (χ2n) is 5.85. The maximum absolute atomic E-state index is 12.1. The maximum Gasteiger partial charge on any atom is 0.338 e. The molecule has 0 saturated carbocycles. The summed E-state index contributed by atoms with van der Waals surface area (Å²) in [6.07, 6.45) is 0.697. The highest BCUT2D eigenvalue weighted by atomic mass is 16.5. The van der Waals surface area contributed by atoms with Crippen molar-refractivity contribution in [1.29, 1.82) is 0 Å². The van der Waals surface area contributed by atoms with Crippen molar-refractivity contribution in [2.75, 3.05) is 13.7 Å². The molecule has 1 aromatic rings. The highest BCUT2D eigenvalue weighted by molar-refractivity contribution is 5.93. The van der Waals surface area contributed by atoms with Crippen LogP contribution in [0.3, 0.4) is 0 Å². The van der Waals surface area contributed by atoms with E-state index in [0.717, 1.165) is 11.1 Å². The highest BCUT2D eigenvalue weighted by Gasteiger charge is 2.27. The predicted molar refractivity (Wildman–Crippen MR) is 89.6 cm³/mol. The van der Waals surface area contributed by atoms with Crippen molar-refractivity contribution >= 4 is 17.8 Å². The van der Waals surface area contributed by atoms with E-state index in [1.54, 1.807) is 19.1 Å². The standard InChI is InChI=1S/C18H25NO5/c1-6-12(3)16(18(22)23-5)19-15(20)10-24-17(21)14-8-7-11(2)9-13(14)4/h7-9,12,16H,6,10H2,1-5H3,(H,19,20)/t12-,16+/m1/s1. The van der Waals surface area contributed by atoms with Crippen molar-refractivity contribution < 1.29 is 23.9 Å². The molecule has 0 heterocycles. The molecule has 6 nitrogen and oxygen atoms in total. The summed E-state index contributed by atoms with van der Waals surface area (Å²) in [4.78, 5) is 35.8. The number of nitrogens with one attached hydrogen (secondary N) is 1. The van der Waals surface area contributed by atoms with Crippen LogP contribution >= 0.6 is 0 Å². The van der Waals surface area contributed by atoms with Crippen molar-refractivity contribution in [3.05, 3.63) is 34.9 Å². The summed E-state index contributed by atoms with van der Waals surface area (Å²) in [5.41, 5.74) is 2.24. The Hall–Kier alpha value is -2.37. The zero-order valence-electron chi connectivity index (χ0n) is 14.8. The van der Waals surface area contributed by atoms with Gasteiger partial charge in [-0.05, 0) is 31.4 Å². The van der Waals surface area contributed by atoms with E-state index in [9.17, 15) is 14.4 Å². The fourth-order valence-electron chi connectivity index (χ4n) is 2.26. The second kappa shape index (κ2) is 9.05. The number of hydrogen-bond acceptors (Lipinski definition) is 5. The van der Waals surface area contributed by atoms with Crippen LogP contribution in [0.25, 0.3) is 0 Å². The Bertz CT molecular complexity index is 611. The molecule has 1 rings (SSSR count). The van der Waals surface area contributed by atoms with Crippen LogP contribution in [0.4, 0.5) is 0 Å². The Morgan fingerprint density at radius 3 is 2.42 bits per heavy atom. The van der Waals surface area contributed by atoms with E-state index >= 15 is 0 Å². The fraction of sp³-hybridized carbons (Fsp3) is 0.500. The molecule has 0 radical (unpaired) electrons.